The Labute approximate surface area is 258 Å². The first-order chi connectivity index (χ1) is 21.1. The summed E-state index contributed by atoms with van der Waals surface area (Å²) in [5.41, 5.74) is 2.89. The highest BCUT2D eigenvalue weighted by atomic mass is 35.5. The Morgan fingerprint density at radius 2 is 1.75 bits per heavy atom. The second-order valence-electron chi connectivity index (χ2n) is 10.4. The smallest absolute Gasteiger partial charge is 0.294 e. The molecule has 1 aliphatic heterocycles. The number of hydrogen-bond acceptors (Lipinski definition) is 9. The number of ether oxygens (including phenoxy) is 1. The molecule has 1 saturated heterocycles. The molecule has 3 aromatic carbocycles. The molecule has 0 bridgehead atoms. The van der Waals surface area contributed by atoms with Crippen molar-refractivity contribution in [2.24, 2.45) is 0 Å². The van der Waals surface area contributed by atoms with Crippen molar-refractivity contribution in [2.45, 2.75) is 6.92 Å². The van der Waals surface area contributed by atoms with Crippen LogP contribution in [-0.2, 0) is 0 Å². The van der Waals surface area contributed by atoms with E-state index in [1.54, 1.807) is 49.3 Å². The summed E-state index contributed by atoms with van der Waals surface area (Å²) in [6.45, 7) is 3.19. The van der Waals surface area contributed by atoms with Crippen LogP contribution in [0.25, 0.3) is 11.3 Å². The molecule has 1 N–H and O–H groups in total. The minimum atomic E-state index is -0.586. The van der Waals surface area contributed by atoms with Gasteiger partial charge in [0.25, 0.3) is 17.5 Å². The Balaban J connectivity index is 1.34. The molecule has 4 aromatic rings. The molecule has 0 aliphatic carbocycles. The van der Waals surface area contributed by atoms with Crippen molar-refractivity contribution in [3.63, 3.8) is 0 Å². The predicted molar refractivity (Wildman–Crippen MR) is 168 cm³/mol. The van der Waals surface area contributed by atoms with E-state index < -0.39 is 10.8 Å². The Morgan fingerprint density at radius 1 is 1.07 bits per heavy atom. The number of benzene rings is 3. The van der Waals surface area contributed by atoms with Gasteiger partial charge >= 0.3 is 0 Å². The summed E-state index contributed by atoms with van der Waals surface area (Å²) in [4.78, 5) is 43.5. The van der Waals surface area contributed by atoms with Gasteiger partial charge in [0.2, 0.25) is 0 Å². The van der Waals surface area contributed by atoms with Gasteiger partial charge < -0.3 is 29.3 Å². The number of rotatable bonds is 8. The number of carbonyl (C=O) groups excluding carboxylic acids is 2. The van der Waals surface area contributed by atoms with E-state index in [9.17, 15) is 19.7 Å². The van der Waals surface area contributed by atoms with Crippen molar-refractivity contribution in [3.8, 4) is 17.0 Å². The number of aromatic nitrogens is 1. The lowest BCUT2D eigenvalue weighted by Crippen LogP contribution is -2.49. The van der Waals surface area contributed by atoms with Gasteiger partial charge in [-0.2, -0.15) is 0 Å². The van der Waals surface area contributed by atoms with Gasteiger partial charge in [-0.15, -0.1) is 0 Å². The van der Waals surface area contributed by atoms with Crippen molar-refractivity contribution in [1.82, 2.24) is 10.1 Å². The van der Waals surface area contributed by atoms with E-state index in [0.717, 1.165) is 5.69 Å². The lowest BCUT2D eigenvalue weighted by Gasteiger charge is -2.36. The third kappa shape index (κ3) is 6.02. The molecule has 0 atom stereocenters. The zero-order chi connectivity index (χ0) is 31.5. The van der Waals surface area contributed by atoms with E-state index in [1.807, 2.05) is 42.1 Å². The van der Waals surface area contributed by atoms with Crippen molar-refractivity contribution in [3.05, 3.63) is 92.7 Å². The number of nitrogens with zero attached hydrogens (tertiary/aromatic N) is 5. The normalized spacial score (nSPS) is 13.0. The van der Waals surface area contributed by atoms with Crippen LogP contribution in [0.15, 0.2) is 65.2 Å². The van der Waals surface area contributed by atoms with E-state index in [1.165, 1.54) is 12.1 Å². The number of piperazine rings is 1. The van der Waals surface area contributed by atoms with Crippen LogP contribution in [0.5, 0.6) is 5.75 Å². The zero-order valence-corrected chi connectivity index (χ0v) is 25.4. The van der Waals surface area contributed by atoms with Gasteiger partial charge in [-0.05, 0) is 49.4 Å². The number of methoxy groups -OCH3 is 1. The molecule has 44 heavy (non-hydrogen) atoms. The average Bonchev–Trinajstić information content (AvgIpc) is 3.42. The van der Waals surface area contributed by atoms with Crippen molar-refractivity contribution >= 4 is 46.2 Å². The summed E-state index contributed by atoms with van der Waals surface area (Å²) in [5.74, 6) is 0.249. The molecular weight excluding hydrogens is 588 g/mol. The van der Waals surface area contributed by atoms with Crippen LogP contribution in [0.1, 0.15) is 26.5 Å². The number of para-hydroxylation sites is 1. The molecule has 12 nitrogen and oxygen atoms in total. The van der Waals surface area contributed by atoms with Crippen LogP contribution in [-0.4, -0.2) is 74.2 Å². The Hall–Kier alpha value is -5.10. The van der Waals surface area contributed by atoms with E-state index in [-0.39, 0.29) is 22.3 Å². The first-order valence-corrected chi connectivity index (χ1v) is 14.2. The van der Waals surface area contributed by atoms with Crippen LogP contribution in [0, 0.1) is 17.0 Å². The van der Waals surface area contributed by atoms with Crippen LogP contribution < -0.4 is 19.9 Å². The molecule has 0 saturated carbocycles. The summed E-state index contributed by atoms with van der Waals surface area (Å²) in [7, 11) is 5.33. The fourth-order valence-electron chi connectivity index (χ4n) is 5.11. The summed E-state index contributed by atoms with van der Waals surface area (Å²) in [5, 5.41) is 18.8. The first kappa shape index (κ1) is 30.4. The zero-order valence-electron chi connectivity index (χ0n) is 24.7. The van der Waals surface area contributed by atoms with E-state index in [2.05, 4.69) is 10.5 Å². The van der Waals surface area contributed by atoms with Gasteiger partial charge in [-0.25, -0.2) is 0 Å². The third-order valence-corrected chi connectivity index (χ3v) is 7.80. The molecule has 2 amide bonds. The highest BCUT2D eigenvalue weighted by molar-refractivity contribution is 6.33. The molecule has 2 heterocycles. The Bertz CT molecular complexity index is 1710. The minimum Gasteiger partial charge on any atom is -0.496 e. The molecule has 0 spiro atoms. The quantitative estimate of drug-likeness (QED) is 0.201. The van der Waals surface area contributed by atoms with Crippen LogP contribution >= 0.6 is 11.6 Å². The number of anilines is 3. The molecule has 0 unspecified atom stereocenters. The number of nitro groups is 1. The Morgan fingerprint density at radius 3 is 2.39 bits per heavy atom. The van der Waals surface area contributed by atoms with Gasteiger partial charge in [0.05, 0.1) is 22.7 Å². The topological polar surface area (TPSA) is 134 Å². The monoisotopic (exact) mass is 618 g/mol. The van der Waals surface area contributed by atoms with Crippen LogP contribution in [0.3, 0.4) is 0 Å². The summed E-state index contributed by atoms with van der Waals surface area (Å²) >= 11 is 6.52. The fraction of sp³-hybridized carbons (Fsp3) is 0.258. The molecule has 13 heteroatoms. The number of amides is 2. The maximum Gasteiger partial charge on any atom is 0.294 e. The Kier molecular flexibility index (Phi) is 8.72. The lowest BCUT2D eigenvalue weighted by molar-refractivity contribution is -0.383. The maximum atomic E-state index is 13.7. The van der Waals surface area contributed by atoms with Crippen molar-refractivity contribution in [2.75, 3.05) is 62.5 Å². The van der Waals surface area contributed by atoms with Crippen LogP contribution in [0.2, 0.25) is 5.02 Å². The summed E-state index contributed by atoms with van der Waals surface area (Å²) < 4.78 is 10.9. The lowest BCUT2D eigenvalue weighted by atomic mass is 10.0. The molecule has 0 radical (unpaired) electrons. The molecular formula is C31H31ClN6O6. The highest BCUT2D eigenvalue weighted by Crippen LogP contribution is 2.38. The minimum absolute atomic E-state index is 0.0242. The van der Waals surface area contributed by atoms with Gasteiger partial charge in [0.15, 0.2) is 0 Å². The molecule has 228 valence electrons. The highest BCUT2D eigenvalue weighted by Gasteiger charge is 2.31. The van der Waals surface area contributed by atoms with Gasteiger partial charge in [0, 0.05) is 63.2 Å². The number of nitrogens with one attached hydrogen (secondary N) is 1. The largest absolute Gasteiger partial charge is 0.496 e. The number of hydrogen-bond donors (Lipinski definition) is 1. The predicted octanol–water partition coefficient (Wildman–Crippen LogP) is 5.50. The number of halogens is 1. The average molecular weight is 619 g/mol. The molecule has 5 rings (SSSR count). The van der Waals surface area contributed by atoms with Gasteiger partial charge in [-0.1, -0.05) is 28.9 Å². The van der Waals surface area contributed by atoms with E-state index in [4.69, 9.17) is 20.9 Å². The fourth-order valence-corrected chi connectivity index (χ4v) is 5.38. The van der Waals surface area contributed by atoms with Crippen LogP contribution in [0.4, 0.5) is 22.7 Å². The van der Waals surface area contributed by atoms with E-state index >= 15 is 0 Å². The second-order valence-corrected chi connectivity index (χ2v) is 10.8. The second kappa shape index (κ2) is 12.6. The van der Waals surface area contributed by atoms with Crippen molar-refractivity contribution < 1.29 is 23.8 Å². The standard InChI is InChI=1S/C31H31ClN6O6/c1-19-28(29(34-44-19)22-7-5-6-8-27(22)43-4)31(40)37-15-13-36(14-16-37)25-18-24(26(38(41)42)17-23(25)32)33-30(39)20-9-11-21(12-10-20)35(2)3/h5-12,17-18H,13-16H2,1-4H3,(H,33,39). The molecule has 1 fully saturated rings. The summed E-state index contributed by atoms with van der Waals surface area (Å²) in [6, 6.07) is 16.9. The van der Waals surface area contributed by atoms with Crippen molar-refractivity contribution in [1.29, 1.82) is 0 Å². The molecule has 1 aromatic heterocycles. The molecule has 1 aliphatic rings. The third-order valence-electron chi connectivity index (χ3n) is 7.50. The summed E-state index contributed by atoms with van der Waals surface area (Å²) in [6.07, 6.45) is 0. The maximum absolute atomic E-state index is 13.7. The SMILES string of the molecule is COc1ccccc1-c1noc(C)c1C(=O)N1CCN(c2cc(NC(=O)c3ccc(N(C)C)cc3)c([N+](=O)[O-])cc2Cl)CC1. The number of aryl methyl sites for hydroxylation is 1. The number of nitro benzene ring substituents is 1. The van der Waals surface area contributed by atoms with Gasteiger partial charge in [-0.3, -0.25) is 19.7 Å². The van der Waals surface area contributed by atoms with Gasteiger partial charge in [0.1, 0.15) is 28.5 Å². The first-order valence-electron chi connectivity index (χ1n) is 13.8. The van der Waals surface area contributed by atoms with E-state index in [0.29, 0.717) is 65.8 Å². The number of carbonyl (C=O) groups is 2.